The summed E-state index contributed by atoms with van der Waals surface area (Å²) in [6, 6.07) is 7.76. The number of amides is 1. The van der Waals surface area contributed by atoms with Crippen LogP contribution in [0.1, 0.15) is 17.9 Å². The van der Waals surface area contributed by atoms with Crippen molar-refractivity contribution in [2.75, 3.05) is 31.2 Å². The van der Waals surface area contributed by atoms with Gasteiger partial charge in [-0.05, 0) is 12.5 Å². The number of hydrogen-bond donors (Lipinski definition) is 0. The second kappa shape index (κ2) is 5.33. The van der Waals surface area contributed by atoms with Crippen LogP contribution >= 0.6 is 0 Å². The van der Waals surface area contributed by atoms with Crippen molar-refractivity contribution in [3.8, 4) is 5.75 Å². The number of carbonyl (C=O) groups excluding carboxylic acids is 1. The van der Waals surface area contributed by atoms with E-state index >= 15 is 0 Å². The first-order chi connectivity index (χ1) is 9.25. The van der Waals surface area contributed by atoms with Crippen LogP contribution in [-0.4, -0.2) is 46.2 Å². The van der Waals surface area contributed by atoms with Crippen molar-refractivity contribution in [1.29, 1.82) is 0 Å². The monoisotopic (exact) mass is 279 g/mol. The average molecular weight is 279 g/mol. The Bertz CT molecular complexity index is 507. The Kier molecular flexibility index (Phi) is 3.55. The van der Waals surface area contributed by atoms with E-state index in [1.54, 1.807) is 0 Å². The molecule has 19 heavy (non-hydrogen) atoms. The first-order valence-corrected chi connectivity index (χ1v) is 8.10. The van der Waals surface area contributed by atoms with Gasteiger partial charge in [-0.2, -0.15) is 0 Å². The summed E-state index contributed by atoms with van der Waals surface area (Å²) in [5, 5.41) is 0. The van der Waals surface area contributed by atoms with Crippen molar-refractivity contribution in [2.45, 2.75) is 12.3 Å². The van der Waals surface area contributed by atoms with Gasteiger partial charge in [-0.25, -0.2) is 0 Å². The van der Waals surface area contributed by atoms with Crippen LogP contribution in [0.3, 0.4) is 0 Å². The SMILES string of the molecule is O=C([C@@H]1CCOc2ccccc21)N1CCS(=O)CC1. The quantitative estimate of drug-likeness (QED) is 0.774. The van der Waals surface area contributed by atoms with Gasteiger partial charge >= 0.3 is 0 Å². The number of carbonyl (C=O) groups is 1. The maximum Gasteiger partial charge on any atom is 0.230 e. The minimum Gasteiger partial charge on any atom is -0.493 e. The highest BCUT2D eigenvalue weighted by Crippen LogP contribution is 2.34. The molecule has 0 aliphatic carbocycles. The molecule has 1 aromatic rings. The summed E-state index contributed by atoms with van der Waals surface area (Å²) in [4.78, 5) is 14.4. The van der Waals surface area contributed by atoms with E-state index in [0.717, 1.165) is 17.7 Å². The Hall–Kier alpha value is -1.36. The fraction of sp³-hybridized carbons (Fsp3) is 0.500. The van der Waals surface area contributed by atoms with Crippen LogP contribution in [0.2, 0.25) is 0 Å². The summed E-state index contributed by atoms with van der Waals surface area (Å²) in [5.74, 6) is 2.10. The van der Waals surface area contributed by atoms with E-state index in [1.165, 1.54) is 0 Å². The normalized spacial score (nSPS) is 23.6. The highest BCUT2D eigenvalue weighted by atomic mass is 32.2. The van der Waals surface area contributed by atoms with Crippen molar-refractivity contribution in [3.63, 3.8) is 0 Å². The van der Waals surface area contributed by atoms with Crippen LogP contribution in [0.15, 0.2) is 24.3 Å². The number of para-hydroxylation sites is 1. The van der Waals surface area contributed by atoms with Crippen molar-refractivity contribution in [3.05, 3.63) is 29.8 Å². The molecule has 2 aliphatic rings. The molecule has 1 amide bonds. The van der Waals surface area contributed by atoms with Crippen LogP contribution in [0.4, 0.5) is 0 Å². The number of ether oxygens (including phenoxy) is 1. The largest absolute Gasteiger partial charge is 0.493 e. The van der Waals surface area contributed by atoms with Crippen molar-refractivity contribution < 1.29 is 13.7 Å². The van der Waals surface area contributed by atoms with E-state index in [1.807, 2.05) is 29.2 Å². The maximum absolute atomic E-state index is 12.6. The second-order valence-corrected chi connectivity index (χ2v) is 6.60. The molecule has 1 fully saturated rings. The van der Waals surface area contributed by atoms with Gasteiger partial charge in [-0.1, -0.05) is 18.2 Å². The molecule has 0 radical (unpaired) electrons. The van der Waals surface area contributed by atoms with Crippen LogP contribution in [-0.2, 0) is 15.6 Å². The van der Waals surface area contributed by atoms with Gasteiger partial charge in [0.05, 0.1) is 12.5 Å². The Balaban J connectivity index is 1.79. The zero-order valence-electron chi connectivity index (χ0n) is 10.7. The van der Waals surface area contributed by atoms with E-state index < -0.39 is 10.8 Å². The second-order valence-electron chi connectivity index (χ2n) is 4.90. The molecule has 0 aromatic heterocycles. The van der Waals surface area contributed by atoms with Crippen molar-refractivity contribution >= 4 is 16.7 Å². The third-order valence-electron chi connectivity index (χ3n) is 3.75. The predicted octanol–water partition coefficient (Wildman–Crippen LogP) is 1.14. The lowest BCUT2D eigenvalue weighted by molar-refractivity contribution is -0.133. The van der Waals surface area contributed by atoms with E-state index in [-0.39, 0.29) is 11.8 Å². The Morgan fingerprint density at radius 3 is 2.79 bits per heavy atom. The first kappa shape index (κ1) is 12.7. The number of hydrogen-bond acceptors (Lipinski definition) is 3. The molecule has 2 aliphatic heterocycles. The number of fused-ring (bicyclic) bond motifs is 1. The van der Waals surface area contributed by atoms with E-state index in [2.05, 4.69) is 0 Å². The molecule has 1 atom stereocenters. The lowest BCUT2D eigenvalue weighted by atomic mass is 9.92. The molecule has 0 saturated carbocycles. The smallest absolute Gasteiger partial charge is 0.230 e. The van der Waals surface area contributed by atoms with Gasteiger partial charge in [-0.3, -0.25) is 9.00 Å². The zero-order chi connectivity index (χ0) is 13.2. The lowest BCUT2D eigenvalue weighted by Gasteiger charge is -2.32. The van der Waals surface area contributed by atoms with Gasteiger partial charge in [0, 0.05) is 41.0 Å². The highest BCUT2D eigenvalue weighted by molar-refractivity contribution is 7.85. The van der Waals surface area contributed by atoms with Crippen molar-refractivity contribution in [1.82, 2.24) is 4.90 Å². The zero-order valence-corrected chi connectivity index (χ0v) is 11.5. The van der Waals surface area contributed by atoms with Crippen LogP contribution in [0.25, 0.3) is 0 Å². The Labute approximate surface area is 115 Å². The third kappa shape index (κ3) is 2.52. The lowest BCUT2D eigenvalue weighted by Crippen LogP contribution is -2.44. The van der Waals surface area contributed by atoms with E-state index in [9.17, 15) is 9.00 Å². The van der Waals surface area contributed by atoms with Crippen molar-refractivity contribution in [2.24, 2.45) is 0 Å². The van der Waals surface area contributed by atoms with Gasteiger partial charge in [0.25, 0.3) is 0 Å². The van der Waals surface area contributed by atoms with Gasteiger partial charge in [0.1, 0.15) is 5.75 Å². The molecule has 5 heteroatoms. The highest BCUT2D eigenvalue weighted by Gasteiger charge is 2.32. The summed E-state index contributed by atoms with van der Waals surface area (Å²) >= 11 is 0. The third-order valence-corrected chi connectivity index (χ3v) is 5.02. The molecular formula is C14H17NO3S. The summed E-state index contributed by atoms with van der Waals surface area (Å²) in [7, 11) is -0.746. The topological polar surface area (TPSA) is 46.6 Å². The minimum absolute atomic E-state index is 0.100. The first-order valence-electron chi connectivity index (χ1n) is 6.61. The minimum atomic E-state index is -0.746. The number of rotatable bonds is 1. The Morgan fingerprint density at radius 1 is 1.26 bits per heavy atom. The molecule has 0 spiro atoms. The fourth-order valence-corrected chi connectivity index (χ4v) is 3.73. The molecule has 1 aromatic carbocycles. The molecule has 2 heterocycles. The maximum atomic E-state index is 12.6. The van der Waals surface area contributed by atoms with Gasteiger partial charge in [-0.15, -0.1) is 0 Å². The van der Waals surface area contributed by atoms with E-state index in [0.29, 0.717) is 31.2 Å². The van der Waals surface area contributed by atoms with Gasteiger partial charge in [0.2, 0.25) is 5.91 Å². The molecule has 0 unspecified atom stereocenters. The predicted molar refractivity (Wildman–Crippen MR) is 73.8 cm³/mol. The molecule has 102 valence electrons. The van der Waals surface area contributed by atoms with Gasteiger partial charge < -0.3 is 9.64 Å². The van der Waals surface area contributed by atoms with Gasteiger partial charge in [0.15, 0.2) is 0 Å². The van der Waals surface area contributed by atoms with Crippen LogP contribution in [0, 0.1) is 0 Å². The molecule has 0 N–H and O–H groups in total. The molecular weight excluding hydrogens is 262 g/mol. The summed E-state index contributed by atoms with van der Waals surface area (Å²) in [6.45, 7) is 1.82. The van der Waals surface area contributed by atoms with Crippen LogP contribution < -0.4 is 4.74 Å². The van der Waals surface area contributed by atoms with E-state index in [4.69, 9.17) is 4.74 Å². The molecule has 0 bridgehead atoms. The fourth-order valence-electron chi connectivity index (χ4n) is 2.68. The summed E-state index contributed by atoms with van der Waals surface area (Å²) in [6.07, 6.45) is 0.732. The molecule has 3 rings (SSSR count). The number of nitrogens with zero attached hydrogens (tertiary/aromatic N) is 1. The Morgan fingerprint density at radius 2 is 2.00 bits per heavy atom. The summed E-state index contributed by atoms with van der Waals surface area (Å²) < 4.78 is 16.9. The molecule has 4 nitrogen and oxygen atoms in total. The van der Waals surface area contributed by atoms with Crippen LogP contribution in [0.5, 0.6) is 5.75 Å². The molecule has 1 saturated heterocycles. The number of benzene rings is 1. The summed E-state index contributed by atoms with van der Waals surface area (Å²) in [5.41, 5.74) is 0.991. The average Bonchev–Trinajstić information content (AvgIpc) is 2.47. The standard InChI is InChI=1S/C14H17NO3S/c16-14(15-6-9-19(17)10-7-15)12-5-8-18-13-4-2-1-3-11(12)13/h1-4,12H,5-10H2/t12-/m1/s1.